The number of amides is 1. The molecule has 1 amide bonds. The molecule has 6 heteroatoms. The Hall–Kier alpha value is -0.880. The third kappa shape index (κ3) is 5.32. The molecule has 0 fully saturated rings. The Morgan fingerprint density at radius 3 is 2.68 bits per heavy atom. The smallest absolute Gasteiger partial charge is 0.221 e. The third-order valence-electron chi connectivity index (χ3n) is 2.77. The fourth-order valence-electron chi connectivity index (χ4n) is 1.45. The minimum Gasteiger partial charge on any atom is -0.354 e. The average molecular weight is 348 g/mol. The van der Waals surface area contributed by atoms with Gasteiger partial charge in [0.15, 0.2) is 9.84 Å². The van der Waals surface area contributed by atoms with Crippen LogP contribution >= 0.6 is 15.9 Å². The van der Waals surface area contributed by atoms with Gasteiger partial charge in [-0.3, -0.25) is 4.79 Å². The van der Waals surface area contributed by atoms with Gasteiger partial charge in [-0.25, -0.2) is 8.42 Å². The van der Waals surface area contributed by atoms with Crippen molar-refractivity contribution in [2.45, 2.75) is 37.6 Å². The molecule has 106 valence electrons. The zero-order valence-electron chi connectivity index (χ0n) is 11.0. The number of benzene rings is 1. The molecular formula is C13H18BrNO3S. The van der Waals surface area contributed by atoms with Crippen LogP contribution in [0.4, 0.5) is 0 Å². The predicted molar refractivity (Wildman–Crippen MR) is 78.7 cm³/mol. The molecule has 0 aliphatic carbocycles. The lowest BCUT2D eigenvalue weighted by atomic mass is 10.2. The first-order valence-electron chi connectivity index (χ1n) is 6.13. The van der Waals surface area contributed by atoms with E-state index in [4.69, 9.17) is 0 Å². The molecule has 1 atom stereocenters. The zero-order chi connectivity index (χ0) is 14.5. The maximum absolute atomic E-state index is 12.0. The van der Waals surface area contributed by atoms with Crippen molar-refractivity contribution in [2.75, 3.05) is 5.75 Å². The summed E-state index contributed by atoms with van der Waals surface area (Å²) in [5.41, 5.74) is 0. The first-order valence-corrected chi connectivity index (χ1v) is 8.57. The fourth-order valence-corrected chi connectivity index (χ4v) is 3.29. The van der Waals surface area contributed by atoms with Crippen LogP contribution in [-0.4, -0.2) is 26.1 Å². The molecule has 4 nitrogen and oxygen atoms in total. The number of halogens is 1. The largest absolute Gasteiger partial charge is 0.354 e. The van der Waals surface area contributed by atoms with Crippen molar-refractivity contribution in [2.24, 2.45) is 0 Å². The van der Waals surface area contributed by atoms with E-state index < -0.39 is 9.84 Å². The van der Waals surface area contributed by atoms with E-state index in [0.29, 0.717) is 4.47 Å². The van der Waals surface area contributed by atoms with Gasteiger partial charge in [0.25, 0.3) is 0 Å². The van der Waals surface area contributed by atoms with Crippen LogP contribution in [0, 0.1) is 0 Å². The van der Waals surface area contributed by atoms with Crippen LogP contribution in [0.25, 0.3) is 0 Å². The van der Waals surface area contributed by atoms with Gasteiger partial charge in [-0.1, -0.05) is 28.9 Å². The van der Waals surface area contributed by atoms with Gasteiger partial charge < -0.3 is 5.32 Å². The van der Waals surface area contributed by atoms with Crippen LogP contribution in [0.2, 0.25) is 0 Å². The number of hydrogen-bond acceptors (Lipinski definition) is 3. The number of rotatable bonds is 6. The molecule has 0 spiro atoms. The Morgan fingerprint density at radius 2 is 2.11 bits per heavy atom. The molecule has 19 heavy (non-hydrogen) atoms. The van der Waals surface area contributed by atoms with Gasteiger partial charge in [0.05, 0.1) is 10.6 Å². The third-order valence-corrected chi connectivity index (χ3v) is 4.98. The Balaban J connectivity index is 2.64. The molecule has 0 saturated heterocycles. The summed E-state index contributed by atoms with van der Waals surface area (Å²) in [6.45, 7) is 3.85. The molecule has 0 radical (unpaired) electrons. The highest BCUT2D eigenvalue weighted by atomic mass is 79.9. The number of nitrogens with one attached hydrogen (secondary N) is 1. The zero-order valence-corrected chi connectivity index (χ0v) is 13.4. The summed E-state index contributed by atoms with van der Waals surface area (Å²) >= 11 is 3.23. The fraction of sp³-hybridized carbons (Fsp3) is 0.462. The van der Waals surface area contributed by atoms with Crippen LogP contribution in [0.5, 0.6) is 0 Å². The summed E-state index contributed by atoms with van der Waals surface area (Å²) in [6, 6.07) is 6.57. The number of carbonyl (C=O) groups excluding carboxylic acids is 1. The standard InChI is InChI=1S/C13H18BrNO3S/c1-3-10(2)15-13(16)7-8-19(17,18)12-6-4-5-11(14)9-12/h4-6,9-10H,3,7-8H2,1-2H3,(H,15,16)/t10-/m1/s1. The highest BCUT2D eigenvalue weighted by molar-refractivity contribution is 9.10. The van der Waals surface area contributed by atoms with Crippen LogP contribution in [0.15, 0.2) is 33.6 Å². The van der Waals surface area contributed by atoms with Crippen molar-refractivity contribution in [3.05, 3.63) is 28.7 Å². The Labute approximate surface area is 122 Å². The topological polar surface area (TPSA) is 63.2 Å². The summed E-state index contributed by atoms with van der Waals surface area (Å²) in [5, 5.41) is 2.75. The molecule has 1 aromatic rings. The van der Waals surface area contributed by atoms with Crippen LogP contribution in [0.3, 0.4) is 0 Å². The van der Waals surface area contributed by atoms with E-state index in [2.05, 4.69) is 21.2 Å². The molecule has 0 unspecified atom stereocenters. The Morgan fingerprint density at radius 1 is 1.42 bits per heavy atom. The van der Waals surface area contributed by atoms with Gasteiger partial charge >= 0.3 is 0 Å². The van der Waals surface area contributed by atoms with Gasteiger partial charge in [-0.05, 0) is 31.5 Å². The van der Waals surface area contributed by atoms with Crippen molar-refractivity contribution >= 4 is 31.7 Å². The highest BCUT2D eigenvalue weighted by Crippen LogP contribution is 2.17. The first kappa shape index (κ1) is 16.2. The van der Waals surface area contributed by atoms with Crippen molar-refractivity contribution < 1.29 is 13.2 Å². The van der Waals surface area contributed by atoms with Crippen molar-refractivity contribution in [3.8, 4) is 0 Å². The van der Waals surface area contributed by atoms with Gasteiger partial charge in [0, 0.05) is 16.9 Å². The Bertz CT molecular complexity index is 543. The SMILES string of the molecule is CC[C@@H](C)NC(=O)CCS(=O)(=O)c1cccc(Br)c1. The minimum atomic E-state index is -3.41. The second-order valence-electron chi connectivity index (χ2n) is 4.40. The maximum Gasteiger partial charge on any atom is 0.221 e. The molecule has 0 saturated carbocycles. The number of hydrogen-bond donors (Lipinski definition) is 1. The molecule has 0 aromatic heterocycles. The van der Waals surface area contributed by atoms with Crippen molar-refractivity contribution in [3.63, 3.8) is 0 Å². The highest BCUT2D eigenvalue weighted by Gasteiger charge is 2.17. The van der Waals surface area contributed by atoms with E-state index >= 15 is 0 Å². The van der Waals surface area contributed by atoms with E-state index in [0.717, 1.165) is 6.42 Å². The summed E-state index contributed by atoms with van der Waals surface area (Å²) in [5.74, 6) is -0.404. The van der Waals surface area contributed by atoms with Gasteiger partial charge in [0.1, 0.15) is 0 Å². The number of sulfone groups is 1. The van der Waals surface area contributed by atoms with Gasteiger partial charge in [0.2, 0.25) is 5.91 Å². The average Bonchev–Trinajstić information content (AvgIpc) is 2.36. The second kappa shape index (κ2) is 7.05. The lowest BCUT2D eigenvalue weighted by Crippen LogP contribution is -2.33. The number of carbonyl (C=O) groups is 1. The predicted octanol–water partition coefficient (Wildman–Crippen LogP) is 2.53. The quantitative estimate of drug-likeness (QED) is 0.859. The summed E-state index contributed by atoms with van der Waals surface area (Å²) in [4.78, 5) is 11.8. The van der Waals surface area contributed by atoms with Crippen molar-refractivity contribution in [1.82, 2.24) is 5.32 Å². The summed E-state index contributed by atoms with van der Waals surface area (Å²) < 4.78 is 24.8. The maximum atomic E-state index is 12.0. The lowest BCUT2D eigenvalue weighted by molar-refractivity contribution is -0.121. The lowest BCUT2D eigenvalue weighted by Gasteiger charge is -2.11. The summed E-state index contributed by atoms with van der Waals surface area (Å²) in [7, 11) is -3.41. The molecule has 1 rings (SSSR count). The monoisotopic (exact) mass is 347 g/mol. The molecule has 0 bridgehead atoms. The van der Waals surface area contributed by atoms with E-state index in [-0.39, 0.29) is 29.0 Å². The molecule has 0 aliphatic rings. The summed E-state index contributed by atoms with van der Waals surface area (Å²) in [6.07, 6.45) is 0.809. The van der Waals surface area contributed by atoms with E-state index in [1.54, 1.807) is 18.2 Å². The molecular weight excluding hydrogens is 330 g/mol. The second-order valence-corrected chi connectivity index (χ2v) is 7.43. The van der Waals surface area contributed by atoms with Crippen LogP contribution in [0.1, 0.15) is 26.7 Å². The normalized spacial score (nSPS) is 13.0. The van der Waals surface area contributed by atoms with Gasteiger partial charge in [-0.2, -0.15) is 0 Å². The van der Waals surface area contributed by atoms with E-state index in [1.165, 1.54) is 6.07 Å². The van der Waals surface area contributed by atoms with Gasteiger partial charge in [-0.15, -0.1) is 0 Å². The molecule has 1 N–H and O–H groups in total. The van der Waals surface area contributed by atoms with Crippen LogP contribution < -0.4 is 5.32 Å². The molecule has 1 aromatic carbocycles. The van der Waals surface area contributed by atoms with E-state index in [9.17, 15) is 13.2 Å². The van der Waals surface area contributed by atoms with E-state index in [1.807, 2.05) is 13.8 Å². The first-order chi connectivity index (χ1) is 8.85. The Kier molecular flexibility index (Phi) is 6.00. The minimum absolute atomic E-state index is 0.0147. The molecule has 0 aliphatic heterocycles. The van der Waals surface area contributed by atoms with Crippen molar-refractivity contribution in [1.29, 1.82) is 0 Å². The molecule has 0 heterocycles. The van der Waals surface area contributed by atoms with Crippen LogP contribution in [-0.2, 0) is 14.6 Å².